The van der Waals surface area contributed by atoms with Crippen LogP contribution in [0.5, 0.6) is 0 Å². The third-order valence-corrected chi connectivity index (χ3v) is 7.54. The molecule has 2 fully saturated rings. The highest BCUT2D eigenvalue weighted by molar-refractivity contribution is 7.10. The molecule has 1 aliphatic heterocycles. The summed E-state index contributed by atoms with van der Waals surface area (Å²) in [4.78, 5) is 8.62. The Balaban J connectivity index is 1.47. The molecule has 2 aliphatic rings. The average Bonchev–Trinajstić information content (AvgIpc) is 3.29. The van der Waals surface area contributed by atoms with Crippen LogP contribution in [0.2, 0.25) is 0 Å². The second kappa shape index (κ2) is 11.2. The quantitative estimate of drug-likeness (QED) is 0.393. The van der Waals surface area contributed by atoms with E-state index in [9.17, 15) is 0 Å². The number of rotatable bonds is 8. The number of piperidine rings is 1. The summed E-state index contributed by atoms with van der Waals surface area (Å²) < 4.78 is 5.17. The molecule has 1 saturated heterocycles. The van der Waals surface area contributed by atoms with Gasteiger partial charge in [0.05, 0.1) is 0 Å². The van der Waals surface area contributed by atoms with Gasteiger partial charge in [-0.1, -0.05) is 25.3 Å². The van der Waals surface area contributed by atoms with Gasteiger partial charge in [0.25, 0.3) is 0 Å². The number of thiophene rings is 1. The van der Waals surface area contributed by atoms with Crippen molar-refractivity contribution in [2.24, 2.45) is 4.99 Å². The summed E-state index contributed by atoms with van der Waals surface area (Å²) in [5, 5.41) is 9.59. The molecule has 1 saturated carbocycles. The van der Waals surface area contributed by atoms with E-state index in [1.807, 2.05) is 18.4 Å². The average molecular weight is 407 g/mol. The second-order valence-electron chi connectivity index (χ2n) is 8.35. The lowest BCUT2D eigenvalue weighted by atomic mass is 9.73. The molecule has 1 aromatic rings. The summed E-state index contributed by atoms with van der Waals surface area (Å²) in [5.41, 5.74) is 0.286. The summed E-state index contributed by atoms with van der Waals surface area (Å²) in [7, 11) is 3.68. The minimum absolute atomic E-state index is 0.286. The zero-order chi connectivity index (χ0) is 19.7. The van der Waals surface area contributed by atoms with E-state index in [0.29, 0.717) is 6.04 Å². The van der Waals surface area contributed by atoms with E-state index >= 15 is 0 Å². The van der Waals surface area contributed by atoms with Crippen LogP contribution in [0.15, 0.2) is 22.5 Å². The van der Waals surface area contributed by atoms with Crippen molar-refractivity contribution in [3.63, 3.8) is 0 Å². The molecule has 0 aromatic carbocycles. The first-order chi connectivity index (χ1) is 13.8. The summed E-state index contributed by atoms with van der Waals surface area (Å²) in [5.74, 6) is 0.972. The number of hydrogen-bond donors (Lipinski definition) is 2. The Morgan fingerprint density at radius 1 is 1.29 bits per heavy atom. The topological polar surface area (TPSA) is 48.9 Å². The van der Waals surface area contributed by atoms with Crippen molar-refractivity contribution in [1.29, 1.82) is 0 Å². The first kappa shape index (κ1) is 21.6. The minimum Gasteiger partial charge on any atom is -0.385 e. The Labute approximate surface area is 174 Å². The highest BCUT2D eigenvalue weighted by Gasteiger charge is 2.35. The highest BCUT2D eigenvalue weighted by Crippen LogP contribution is 2.41. The van der Waals surface area contributed by atoms with Crippen molar-refractivity contribution in [2.75, 3.05) is 46.9 Å². The van der Waals surface area contributed by atoms with Gasteiger partial charge in [-0.05, 0) is 43.6 Å². The molecule has 0 unspecified atom stereocenters. The number of ether oxygens (including phenoxy) is 1. The van der Waals surface area contributed by atoms with Gasteiger partial charge in [0.1, 0.15) is 0 Å². The van der Waals surface area contributed by atoms with Gasteiger partial charge in [-0.25, -0.2) is 0 Å². The Kier molecular flexibility index (Phi) is 8.62. The van der Waals surface area contributed by atoms with E-state index in [1.54, 1.807) is 12.0 Å². The molecule has 0 spiro atoms. The summed E-state index contributed by atoms with van der Waals surface area (Å²) in [6.45, 7) is 5.33. The number of nitrogens with zero attached hydrogens (tertiary/aromatic N) is 2. The molecule has 1 aliphatic carbocycles. The lowest BCUT2D eigenvalue weighted by Gasteiger charge is -2.38. The smallest absolute Gasteiger partial charge is 0.191 e. The number of nitrogens with one attached hydrogen (secondary N) is 2. The SMILES string of the molecule is CN=C(NCC1(c2cccs2)CCCCC1)NC1CCN(CCCOC)CC1. The molecule has 0 radical (unpaired) electrons. The Morgan fingerprint density at radius 3 is 2.71 bits per heavy atom. The molecule has 3 rings (SSSR count). The zero-order valence-electron chi connectivity index (χ0n) is 17.7. The van der Waals surface area contributed by atoms with Crippen molar-refractivity contribution >= 4 is 17.3 Å². The van der Waals surface area contributed by atoms with Crippen LogP contribution in [0.4, 0.5) is 0 Å². The van der Waals surface area contributed by atoms with Gasteiger partial charge in [0.2, 0.25) is 0 Å². The van der Waals surface area contributed by atoms with Crippen LogP contribution in [-0.4, -0.2) is 63.8 Å². The molecule has 6 heteroatoms. The van der Waals surface area contributed by atoms with Gasteiger partial charge in [0.15, 0.2) is 5.96 Å². The van der Waals surface area contributed by atoms with Gasteiger partial charge in [-0.15, -0.1) is 11.3 Å². The zero-order valence-corrected chi connectivity index (χ0v) is 18.5. The Bertz CT molecular complexity index is 575. The molecular weight excluding hydrogens is 368 g/mol. The maximum Gasteiger partial charge on any atom is 0.191 e. The fraction of sp³-hybridized carbons (Fsp3) is 0.773. The number of likely N-dealkylation sites (tertiary alicyclic amines) is 1. The highest BCUT2D eigenvalue weighted by atomic mass is 32.1. The van der Waals surface area contributed by atoms with Crippen LogP contribution >= 0.6 is 11.3 Å². The summed E-state index contributed by atoms with van der Waals surface area (Å²) in [6, 6.07) is 5.05. The van der Waals surface area contributed by atoms with Gasteiger partial charge in [-0.2, -0.15) is 0 Å². The van der Waals surface area contributed by atoms with Gasteiger partial charge < -0.3 is 20.3 Å². The minimum atomic E-state index is 0.286. The number of hydrogen-bond acceptors (Lipinski definition) is 4. The van der Waals surface area contributed by atoms with E-state index in [4.69, 9.17) is 4.74 Å². The Morgan fingerprint density at radius 2 is 2.07 bits per heavy atom. The Hall–Kier alpha value is -1.11. The number of aliphatic imine (C=N–C) groups is 1. The van der Waals surface area contributed by atoms with Gasteiger partial charge in [0, 0.05) is 63.3 Å². The van der Waals surface area contributed by atoms with E-state index in [1.165, 1.54) is 44.9 Å². The molecular formula is C22H38N4OS. The van der Waals surface area contributed by atoms with Crippen LogP contribution < -0.4 is 10.6 Å². The predicted octanol–water partition coefficient (Wildman–Crippen LogP) is 3.62. The molecule has 0 amide bonds. The van der Waals surface area contributed by atoms with Crippen molar-refractivity contribution in [2.45, 2.75) is 62.8 Å². The monoisotopic (exact) mass is 406 g/mol. The first-order valence-electron chi connectivity index (χ1n) is 11.0. The first-order valence-corrected chi connectivity index (χ1v) is 11.9. The standard InChI is InChI=1S/C22H38N4OS/c1-23-21(25-19-9-14-26(15-10-19)13-7-16-27-2)24-18-22(11-4-3-5-12-22)20-8-6-17-28-20/h6,8,17,19H,3-5,7,9-16,18H2,1-2H3,(H2,23,24,25). The molecule has 2 heterocycles. The normalized spacial score (nSPS) is 21.6. The van der Waals surface area contributed by atoms with Crippen molar-refractivity contribution < 1.29 is 4.74 Å². The molecule has 5 nitrogen and oxygen atoms in total. The van der Waals surface area contributed by atoms with Crippen molar-refractivity contribution in [3.8, 4) is 0 Å². The lowest BCUT2D eigenvalue weighted by Crippen LogP contribution is -2.51. The summed E-state index contributed by atoms with van der Waals surface area (Å²) >= 11 is 1.92. The molecule has 28 heavy (non-hydrogen) atoms. The molecule has 2 N–H and O–H groups in total. The number of methoxy groups -OCH3 is 1. The van der Waals surface area contributed by atoms with E-state index in [2.05, 4.69) is 38.0 Å². The predicted molar refractivity (Wildman–Crippen MR) is 120 cm³/mol. The van der Waals surface area contributed by atoms with E-state index in [-0.39, 0.29) is 5.41 Å². The third-order valence-electron chi connectivity index (χ3n) is 6.42. The van der Waals surface area contributed by atoms with E-state index in [0.717, 1.165) is 45.2 Å². The molecule has 158 valence electrons. The largest absolute Gasteiger partial charge is 0.385 e. The maximum absolute atomic E-state index is 5.17. The van der Waals surface area contributed by atoms with Crippen molar-refractivity contribution in [1.82, 2.24) is 15.5 Å². The molecule has 0 bridgehead atoms. The maximum atomic E-state index is 5.17. The summed E-state index contributed by atoms with van der Waals surface area (Å²) in [6.07, 6.45) is 10.1. The van der Waals surface area contributed by atoms with Crippen molar-refractivity contribution in [3.05, 3.63) is 22.4 Å². The third kappa shape index (κ3) is 5.94. The van der Waals surface area contributed by atoms with Crippen LogP contribution in [0, 0.1) is 0 Å². The number of guanidine groups is 1. The van der Waals surface area contributed by atoms with Crippen LogP contribution in [0.25, 0.3) is 0 Å². The van der Waals surface area contributed by atoms with Crippen LogP contribution in [0.3, 0.4) is 0 Å². The lowest BCUT2D eigenvalue weighted by molar-refractivity contribution is 0.155. The fourth-order valence-corrected chi connectivity index (χ4v) is 5.68. The van der Waals surface area contributed by atoms with E-state index < -0.39 is 0 Å². The van der Waals surface area contributed by atoms with Gasteiger partial charge >= 0.3 is 0 Å². The van der Waals surface area contributed by atoms with Gasteiger partial charge in [-0.3, -0.25) is 4.99 Å². The van der Waals surface area contributed by atoms with Crippen LogP contribution in [-0.2, 0) is 10.2 Å². The fourth-order valence-electron chi connectivity index (χ4n) is 4.69. The molecule has 1 aromatic heterocycles. The molecule has 0 atom stereocenters. The van der Waals surface area contributed by atoms with Crippen LogP contribution in [0.1, 0.15) is 56.2 Å². The second-order valence-corrected chi connectivity index (χ2v) is 9.30.